The zero-order valence-electron chi connectivity index (χ0n) is 12.9. The molecular formula is C16H23NO4. The molecule has 0 aliphatic heterocycles. The SMILES string of the molecule is Cc1cccc(C(=O)NC(CC(=O)O)CC(C)(C)C)c1O. The number of aliphatic carboxylic acids is 1. The second-order valence-electron chi connectivity index (χ2n) is 6.50. The van der Waals surface area contributed by atoms with Crippen molar-refractivity contribution < 1.29 is 19.8 Å². The lowest BCUT2D eigenvalue weighted by Gasteiger charge is -2.26. The molecule has 0 heterocycles. The van der Waals surface area contributed by atoms with Gasteiger partial charge in [0.25, 0.3) is 5.91 Å². The van der Waals surface area contributed by atoms with Crippen LogP contribution in [0, 0.1) is 12.3 Å². The number of amides is 1. The predicted octanol–water partition coefficient (Wildman–Crippen LogP) is 2.71. The molecule has 0 aliphatic rings. The largest absolute Gasteiger partial charge is 0.507 e. The topological polar surface area (TPSA) is 86.6 Å². The first-order valence-electron chi connectivity index (χ1n) is 6.91. The van der Waals surface area contributed by atoms with E-state index < -0.39 is 17.9 Å². The molecule has 5 heteroatoms. The minimum atomic E-state index is -0.960. The van der Waals surface area contributed by atoms with Gasteiger partial charge in [-0.2, -0.15) is 0 Å². The van der Waals surface area contributed by atoms with E-state index in [0.29, 0.717) is 12.0 Å². The lowest BCUT2D eigenvalue weighted by molar-refractivity contribution is -0.137. The number of phenols is 1. The number of carboxylic acids is 1. The molecule has 0 spiro atoms. The van der Waals surface area contributed by atoms with Gasteiger partial charge in [0.2, 0.25) is 0 Å². The van der Waals surface area contributed by atoms with E-state index >= 15 is 0 Å². The third-order valence-corrected chi connectivity index (χ3v) is 3.10. The van der Waals surface area contributed by atoms with Crippen LogP contribution in [0.1, 0.15) is 49.5 Å². The number of carbonyl (C=O) groups excluding carboxylic acids is 1. The first-order valence-corrected chi connectivity index (χ1v) is 6.91. The normalized spacial score (nSPS) is 12.8. The van der Waals surface area contributed by atoms with E-state index in [-0.39, 0.29) is 23.1 Å². The van der Waals surface area contributed by atoms with Gasteiger partial charge in [-0.1, -0.05) is 32.9 Å². The van der Waals surface area contributed by atoms with Gasteiger partial charge in [0.1, 0.15) is 5.75 Å². The number of carboxylic acid groups (broad SMARTS) is 1. The summed E-state index contributed by atoms with van der Waals surface area (Å²) >= 11 is 0. The van der Waals surface area contributed by atoms with Gasteiger partial charge in [-0.3, -0.25) is 9.59 Å². The van der Waals surface area contributed by atoms with E-state index in [9.17, 15) is 14.7 Å². The summed E-state index contributed by atoms with van der Waals surface area (Å²) in [5, 5.41) is 21.6. The zero-order chi connectivity index (χ0) is 16.2. The Hall–Kier alpha value is -2.04. The number of hydrogen-bond acceptors (Lipinski definition) is 3. The fraction of sp³-hybridized carbons (Fsp3) is 0.500. The Morgan fingerprint density at radius 3 is 2.43 bits per heavy atom. The molecule has 0 saturated carbocycles. The standard InChI is InChI=1S/C16H23NO4/c1-10-6-5-7-12(14(10)20)15(21)17-11(8-13(18)19)9-16(2,3)4/h5-7,11,20H,8-9H2,1-4H3,(H,17,21)(H,18,19). The highest BCUT2D eigenvalue weighted by Crippen LogP contribution is 2.24. The monoisotopic (exact) mass is 293 g/mol. The second-order valence-corrected chi connectivity index (χ2v) is 6.50. The van der Waals surface area contributed by atoms with Crippen molar-refractivity contribution in [1.82, 2.24) is 5.32 Å². The maximum atomic E-state index is 12.2. The maximum Gasteiger partial charge on any atom is 0.305 e. The lowest BCUT2D eigenvalue weighted by Crippen LogP contribution is -2.39. The van der Waals surface area contributed by atoms with Crippen LogP contribution < -0.4 is 5.32 Å². The van der Waals surface area contributed by atoms with Crippen LogP contribution in [-0.4, -0.2) is 28.1 Å². The number of nitrogens with one attached hydrogen (secondary N) is 1. The van der Waals surface area contributed by atoms with Gasteiger partial charge in [0, 0.05) is 6.04 Å². The Morgan fingerprint density at radius 2 is 1.90 bits per heavy atom. The lowest BCUT2D eigenvalue weighted by atomic mass is 9.87. The van der Waals surface area contributed by atoms with E-state index in [2.05, 4.69) is 5.32 Å². The Labute approximate surface area is 125 Å². The van der Waals surface area contributed by atoms with E-state index in [1.165, 1.54) is 6.07 Å². The summed E-state index contributed by atoms with van der Waals surface area (Å²) in [6.07, 6.45) is 0.396. The van der Waals surface area contributed by atoms with Crippen molar-refractivity contribution in [3.63, 3.8) is 0 Å². The highest BCUT2D eigenvalue weighted by atomic mass is 16.4. The van der Waals surface area contributed by atoms with E-state index in [1.54, 1.807) is 19.1 Å². The van der Waals surface area contributed by atoms with Gasteiger partial charge in [0.05, 0.1) is 12.0 Å². The number of benzene rings is 1. The molecule has 116 valence electrons. The fourth-order valence-electron chi connectivity index (χ4n) is 2.23. The molecule has 0 saturated heterocycles. The van der Waals surface area contributed by atoms with E-state index in [1.807, 2.05) is 20.8 Å². The van der Waals surface area contributed by atoms with Crippen LogP contribution in [0.25, 0.3) is 0 Å². The van der Waals surface area contributed by atoms with Crippen LogP contribution in [-0.2, 0) is 4.79 Å². The fourth-order valence-corrected chi connectivity index (χ4v) is 2.23. The average molecular weight is 293 g/mol. The number of para-hydroxylation sites is 1. The molecule has 1 atom stereocenters. The van der Waals surface area contributed by atoms with Crippen molar-refractivity contribution >= 4 is 11.9 Å². The molecule has 1 rings (SSSR count). The third kappa shape index (κ3) is 5.45. The molecule has 1 amide bonds. The summed E-state index contributed by atoms with van der Waals surface area (Å²) in [6.45, 7) is 7.66. The summed E-state index contributed by atoms with van der Waals surface area (Å²) in [4.78, 5) is 23.2. The highest BCUT2D eigenvalue weighted by Gasteiger charge is 2.24. The number of aryl methyl sites for hydroxylation is 1. The third-order valence-electron chi connectivity index (χ3n) is 3.10. The molecule has 21 heavy (non-hydrogen) atoms. The van der Waals surface area contributed by atoms with Crippen molar-refractivity contribution in [3.8, 4) is 5.75 Å². The smallest absolute Gasteiger partial charge is 0.305 e. The summed E-state index contributed by atoms with van der Waals surface area (Å²) in [7, 11) is 0. The number of carbonyl (C=O) groups is 2. The van der Waals surface area contributed by atoms with Crippen molar-refractivity contribution in [1.29, 1.82) is 0 Å². The Morgan fingerprint density at radius 1 is 1.29 bits per heavy atom. The molecule has 0 aliphatic carbocycles. The molecule has 1 aromatic rings. The maximum absolute atomic E-state index is 12.2. The minimum absolute atomic E-state index is 0.0696. The molecule has 0 radical (unpaired) electrons. The van der Waals surface area contributed by atoms with Crippen LogP contribution in [0.4, 0.5) is 0 Å². The van der Waals surface area contributed by atoms with Gasteiger partial charge in [-0.05, 0) is 30.4 Å². The Balaban J connectivity index is 2.89. The van der Waals surface area contributed by atoms with Crippen molar-refractivity contribution in [2.45, 2.75) is 46.6 Å². The van der Waals surface area contributed by atoms with Crippen LogP contribution >= 0.6 is 0 Å². The number of hydrogen-bond donors (Lipinski definition) is 3. The summed E-state index contributed by atoms with van der Waals surface area (Å²) < 4.78 is 0. The summed E-state index contributed by atoms with van der Waals surface area (Å²) in [5.41, 5.74) is 0.662. The minimum Gasteiger partial charge on any atom is -0.507 e. The first kappa shape index (κ1) is 17.0. The summed E-state index contributed by atoms with van der Waals surface area (Å²) in [6, 6.07) is 4.43. The number of rotatable bonds is 5. The molecule has 3 N–H and O–H groups in total. The zero-order valence-corrected chi connectivity index (χ0v) is 12.9. The van der Waals surface area contributed by atoms with Crippen LogP contribution in [0.5, 0.6) is 5.75 Å². The molecule has 0 bridgehead atoms. The number of phenolic OH excluding ortho intramolecular Hbond substituents is 1. The highest BCUT2D eigenvalue weighted by molar-refractivity contribution is 5.97. The second kappa shape index (κ2) is 6.61. The van der Waals surface area contributed by atoms with E-state index in [0.717, 1.165) is 0 Å². The van der Waals surface area contributed by atoms with Gasteiger partial charge >= 0.3 is 5.97 Å². The molecule has 0 fully saturated rings. The van der Waals surface area contributed by atoms with Crippen molar-refractivity contribution in [2.75, 3.05) is 0 Å². The van der Waals surface area contributed by atoms with Crippen molar-refractivity contribution in [2.24, 2.45) is 5.41 Å². The first-order chi connectivity index (χ1) is 9.60. The molecule has 5 nitrogen and oxygen atoms in total. The van der Waals surface area contributed by atoms with Gasteiger partial charge in [-0.15, -0.1) is 0 Å². The number of aromatic hydroxyl groups is 1. The van der Waals surface area contributed by atoms with Crippen LogP contribution in [0.2, 0.25) is 0 Å². The van der Waals surface area contributed by atoms with Gasteiger partial charge in [0.15, 0.2) is 0 Å². The van der Waals surface area contributed by atoms with Gasteiger partial charge < -0.3 is 15.5 Å². The van der Waals surface area contributed by atoms with Gasteiger partial charge in [-0.25, -0.2) is 0 Å². The molecule has 1 aromatic carbocycles. The molecule has 0 aromatic heterocycles. The van der Waals surface area contributed by atoms with Crippen molar-refractivity contribution in [3.05, 3.63) is 29.3 Å². The quantitative estimate of drug-likeness (QED) is 0.779. The molecular weight excluding hydrogens is 270 g/mol. The summed E-state index contributed by atoms with van der Waals surface area (Å²) in [5.74, 6) is -1.48. The Bertz CT molecular complexity index is 532. The average Bonchev–Trinajstić information content (AvgIpc) is 2.29. The van der Waals surface area contributed by atoms with Crippen LogP contribution in [0.15, 0.2) is 18.2 Å². The van der Waals surface area contributed by atoms with E-state index in [4.69, 9.17) is 5.11 Å². The Kier molecular flexibility index (Phi) is 5.35. The predicted molar refractivity (Wildman–Crippen MR) is 80.4 cm³/mol. The molecule has 1 unspecified atom stereocenters. The van der Waals surface area contributed by atoms with Crippen LogP contribution in [0.3, 0.4) is 0 Å².